The van der Waals surface area contributed by atoms with Crippen LogP contribution in [0.25, 0.3) is 0 Å². The van der Waals surface area contributed by atoms with Crippen molar-refractivity contribution in [3.05, 3.63) is 28.2 Å². The molecular formula is C12H18BrNO2. The van der Waals surface area contributed by atoms with E-state index in [0.29, 0.717) is 12.4 Å². The highest BCUT2D eigenvalue weighted by atomic mass is 79.9. The number of rotatable bonds is 6. The second kappa shape index (κ2) is 6.89. The summed E-state index contributed by atoms with van der Waals surface area (Å²) in [6, 6.07) is 5.26. The van der Waals surface area contributed by atoms with E-state index in [9.17, 15) is 5.11 Å². The molecule has 2 N–H and O–H groups in total. The molecule has 0 aliphatic carbocycles. The van der Waals surface area contributed by atoms with Crippen molar-refractivity contribution >= 4 is 15.9 Å². The summed E-state index contributed by atoms with van der Waals surface area (Å²) in [5.74, 6) is 0.290. The van der Waals surface area contributed by atoms with Gasteiger partial charge in [-0.25, -0.2) is 0 Å². The van der Waals surface area contributed by atoms with E-state index in [1.165, 1.54) is 0 Å². The van der Waals surface area contributed by atoms with Crippen molar-refractivity contribution < 1.29 is 9.84 Å². The number of halogens is 1. The van der Waals surface area contributed by atoms with Crippen molar-refractivity contribution in [3.63, 3.8) is 0 Å². The van der Waals surface area contributed by atoms with Crippen LogP contribution in [0.1, 0.15) is 19.4 Å². The molecule has 0 amide bonds. The first kappa shape index (κ1) is 13.5. The molecule has 4 heteroatoms. The van der Waals surface area contributed by atoms with Crippen molar-refractivity contribution in [1.82, 2.24) is 5.32 Å². The van der Waals surface area contributed by atoms with Crippen LogP contribution in [0.5, 0.6) is 5.75 Å². The molecular weight excluding hydrogens is 270 g/mol. The highest BCUT2D eigenvalue weighted by molar-refractivity contribution is 9.10. The lowest BCUT2D eigenvalue weighted by Gasteiger charge is -2.09. The third-order valence-electron chi connectivity index (χ3n) is 2.07. The topological polar surface area (TPSA) is 41.5 Å². The Morgan fingerprint density at radius 1 is 1.44 bits per heavy atom. The molecule has 0 saturated carbocycles. The number of ether oxygens (including phenoxy) is 1. The van der Waals surface area contributed by atoms with Crippen molar-refractivity contribution in [2.45, 2.75) is 26.5 Å². The maximum absolute atomic E-state index is 9.34. The fraction of sp³-hybridized carbons (Fsp3) is 0.500. The van der Waals surface area contributed by atoms with E-state index in [4.69, 9.17) is 4.74 Å². The lowest BCUT2D eigenvalue weighted by molar-refractivity contribution is 0.0807. The molecule has 0 saturated heterocycles. The highest BCUT2D eigenvalue weighted by Crippen LogP contribution is 2.21. The third-order valence-corrected chi connectivity index (χ3v) is 2.85. The van der Waals surface area contributed by atoms with E-state index in [1.54, 1.807) is 12.1 Å². The lowest BCUT2D eigenvalue weighted by atomic mass is 10.2. The van der Waals surface area contributed by atoms with E-state index in [1.807, 2.05) is 19.9 Å². The molecule has 0 spiro atoms. The lowest BCUT2D eigenvalue weighted by Crippen LogP contribution is -2.21. The van der Waals surface area contributed by atoms with Gasteiger partial charge < -0.3 is 15.2 Å². The van der Waals surface area contributed by atoms with Crippen LogP contribution in [-0.4, -0.2) is 24.4 Å². The van der Waals surface area contributed by atoms with Gasteiger partial charge in [0, 0.05) is 17.6 Å². The molecule has 0 atom stereocenters. The van der Waals surface area contributed by atoms with Crippen molar-refractivity contribution in [3.8, 4) is 5.75 Å². The largest absolute Gasteiger partial charge is 0.508 e. The molecule has 0 aliphatic heterocycles. The van der Waals surface area contributed by atoms with Gasteiger partial charge in [0.05, 0.1) is 12.7 Å². The standard InChI is InChI=1S/C12H18BrNO2/c1-9(2)16-6-5-14-8-10-7-11(15)3-4-12(10)13/h3-4,7,9,14-15H,5-6,8H2,1-2H3. The Labute approximate surface area is 105 Å². The van der Waals surface area contributed by atoms with Crippen LogP contribution in [0.3, 0.4) is 0 Å². The van der Waals surface area contributed by atoms with Gasteiger partial charge in [-0.3, -0.25) is 0 Å². The first-order valence-electron chi connectivity index (χ1n) is 5.39. The summed E-state index contributed by atoms with van der Waals surface area (Å²) in [4.78, 5) is 0. The van der Waals surface area contributed by atoms with Crippen LogP contribution in [0.2, 0.25) is 0 Å². The minimum absolute atomic E-state index is 0.273. The van der Waals surface area contributed by atoms with Crippen molar-refractivity contribution in [2.75, 3.05) is 13.2 Å². The zero-order valence-corrected chi connectivity index (χ0v) is 11.3. The molecule has 0 heterocycles. The molecule has 16 heavy (non-hydrogen) atoms. The van der Waals surface area contributed by atoms with Gasteiger partial charge in [0.1, 0.15) is 5.75 Å². The van der Waals surface area contributed by atoms with Crippen molar-refractivity contribution in [2.24, 2.45) is 0 Å². The predicted molar refractivity (Wildman–Crippen MR) is 68.6 cm³/mol. The average Bonchev–Trinajstić information content (AvgIpc) is 2.22. The third kappa shape index (κ3) is 4.96. The number of hydrogen-bond acceptors (Lipinski definition) is 3. The van der Waals surface area contributed by atoms with Crippen LogP contribution in [0.15, 0.2) is 22.7 Å². The Morgan fingerprint density at radius 3 is 2.88 bits per heavy atom. The SMILES string of the molecule is CC(C)OCCNCc1cc(O)ccc1Br. The Bertz CT molecular complexity index is 329. The molecule has 1 rings (SSSR count). The summed E-state index contributed by atoms with van der Waals surface area (Å²) in [5.41, 5.74) is 1.05. The maximum atomic E-state index is 9.34. The van der Waals surface area contributed by atoms with Crippen LogP contribution in [0, 0.1) is 0 Å². The number of hydrogen-bond donors (Lipinski definition) is 2. The Kier molecular flexibility index (Phi) is 5.80. The summed E-state index contributed by atoms with van der Waals surface area (Å²) in [6.45, 7) is 6.27. The molecule has 0 fully saturated rings. The fourth-order valence-electron chi connectivity index (χ4n) is 1.29. The maximum Gasteiger partial charge on any atom is 0.115 e. The predicted octanol–water partition coefficient (Wildman–Crippen LogP) is 2.67. The van der Waals surface area contributed by atoms with E-state index in [2.05, 4.69) is 21.2 Å². The highest BCUT2D eigenvalue weighted by Gasteiger charge is 2.00. The second-order valence-electron chi connectivity index (χ2n) is 3.87. The second-order valence-corrected chi connectivity index (χ2v) is 4.73. The van der Waals surface area contributed by atoms with Gasteiger partial charge in [-0.05, 0) is 37.6 Å². The van der Waals surface area contributed by atoms with Crippen molar-refractivity contribution in [1.29, 1.82) is 0 Å². The van der Waals surface area contributed by atoms with E-state index in [0.717, 1.165) is 23.1 Å². The molecule has 1 aromatic rings. The summed E-state index contributed by atoms with van der Waals surface area (Å²) in [7, 11) is 0. The molecule has 1 aromatic carbocycles. The van der Waals surface area contributed by atoms with Gasteiger partial charge in [0.25, 0.3) is 0 Å². The van der Waals surface area contributed by atoms with Gasteiger partial charge in [-0.1, -0.05) is 15.9 Å². The first-order chi connectivity index (χ1) is 7.59. The van der Waals surface area contributed by atoms with Gasteiger partial charge in [-0.15, -0.1) is 0 Å². The quantitative estimate of drug-likeness (QED) is 0.791. The molecule has 0 aromatic heterocycles. The zero-order chi connectivity index (χ0) is 12.0. The van der Waals surface area contributed by atoms with Gasteiger partial charge >= 0.3 is 0 Å². The van der Waals surface area contributed by atoms with Crippen LogP contribution >= 0.6 is 15.9 Å². The summed E-state index contributed by atoms with van der Waals surface area (Å²) in [5, 5.41) is 12.6. The summed E-state index contributed by atoms with van der Waals surface area (Å²) in [6.07, 6.45) is 0.273. The van der Waals surface area contributed by atoms with Crippen LogP contribution in [0.4, 0.5) is 0 Å². The van der Waals surface area contributed by atoms with Gasteiger partial charge in [-0.2, -0.15) is 0 Å². The average molecular weight is 288 g/mol. The van der Waals surface area contributed by atoms with E-state index in [-0.39, 0.29) is 6.10 Å². The monoisotopic (exact) mass is 287 g/mol. The summed E-state index contributed by atoms with van der Waals surface area (Å²) >= 11 is 3.44. The molecule has 0 bridgehead atoms. The Balaban J connectivity index is 2.29. The zero-order valence-electron chi connectivity index (χ0n) is 9.66. The molecule has 90 valence electrons. The number of nitrogens with one attached hydrogen (secondary N) is 1. The fourth-order valence-corrected chi connectivity index (χ4v) is 1.67. The number of benzene rings is 1. The number of phenolic OH excluding ortho intramolecular Hbond substituents is 1. The Morgan fingerprint density at radius 2 is 2.19 bits per heavy atom. The molecule has 0 aliphatic rings. The normalized spacial score (nSPS) is 11.0. The number of aromatic hydroxyl groups is 1. The Hall–Kier alpha value is -0.580. The minimum atomic E-state index is 0.273. The number of phenols is 1. The van der Waals surface area contributed by atoms with E-state index < -0.39 is 0 Å². The van der Waals surface area contributed by atoms with Crippen LogP contribution < -0.4 is 5.32 Å². The smallest absolute Gasteiger partial charge is 0.115 e. The van der Waals surface area contributed by atoms with Gasteiger partial charge in [0.2, 0.25) is 0 Å². The molecule has 0 unspecified atom stereocenters. The molecule has 0 radical (unpaired) electrons. The van der Waals surface area contributed by atoms with Crippen LogP contribution in [-0.2, 0) is 11.3 Å². The molecule has 3 nitrogen and oxygen atoms in total. The first-order valence-corrected chi connectivity index (χ1v) is 6.18. The van der Waals surface area contributed by atoms with Gasteiger partial charge in [0.15, 0.2) is 0 Å². The summed E-state index contributed by atoms with van der Waals surface area (Å²) < 4.78 is 6.41. The van der Waals surface area contributed by atoms with E-state index >= 15 is 0 Å². The minimum Gasteiger partial charge on any atom is -0.508 e.